The summed E-state index contributed by atoms with van der Waals surface area (Å²) in [5.74, 6) is 0. The highest BCUT2D eigenvalue weighted by Gasteiger charge is 2.32. The lowest BCUT2D eigenvalue weighted by atomic mass is 9.84. The number of aromatic nitrogens is 1. The average molecular weight is 702 g/mol. The molecule has 0 saturated carbocycles. The van der Waals surface area contributed by atoms with Crippen LogP contribution in [0.4, 0.5) is 17.1 Å². The molecule has 0 radical (unpaired) electrons. The second-order valence-corrected chi connectivity index (χ2v) is 14.4. The van der Waals surface area contributed by atoms with E-state index < -0.39 is 0 Å². The van der Waals surface area contributed by atoms with Crippen LogP contribution in [0.3, 0.4) is 0 Å². The van der Waals surface area contributed by atoms with Gasteiger partial charge in [0.1, 0.15) is 6.17 Å². The second kappa shape index (κ2) is 12.7. The standard InChI is InChI=1S/C52H35N3/c1-3-14-36-30-40(25-23-34(36)12-1)50-43-18-5-6-19-44(43)51(41-26-24-35-13-2-4-15-37(35)31-41)46-33-39(27-28-45(46)50)38-16-11-17-42(32-38)55-49-22-8-7-20-47(49)54-52(55)48-21-9-10-29-53-48/h1-33,52,54H. The molecule has 0 amide bonds. The molecule has 0 aliphatic carbocycles. The minimum absolute atomic E-state index is 0.124. The van der Waals surface area contributed by atoms with Gasteiger partial charge in [0.25, 0.3) is 0 Å². The summed E-state index contributed by atoms with van der Waals surface area (Å²) >= 11 is 0. The van der Waals surface area contributed by atoms with Gasteiger partial charge in [0.15, 0.2) is 0 Å². The van der Waals surface area contributed by atoms with Crippen molar-refractivity contribution in [2.75, 3.05) is 10.2 Å². The number of hydrogen-bond donors (Lipinski definition) is 1. The number of benzene rings is 9. The Labute approximate surface area is 319 Å². The highest BCUT2D eigenvalue weighted by atomic mass is 15.3. The topological polar surface area (TPSA) is 28.2 Å². The second-order valence-electron chi connectivity index (χ2n) is 14.4. The molecule has 1 aliphatic heterocycles. The van der Waals surface area contributed by atoms with Gasteiger partial charge in [0, 0.05) is 11.9 Å². The van der Waals surface area contributed by atoms with E-state index in [-0.39, 0.29) is 6.17 Å². The third-order valence-corrected chi connectivity index (χ3v) is 11.2. The SMILES string of the molecule is c1ccc(C2Nc3ccccc3N2c2cccc(-c3ccc4c(-c5ccc6ccccc6c5)c5ccccc5c(-c5ccc6ccccc6c5)c4c3)c2)nc1. The predicted octanol–water partition coefficient (Wildman–Crippen LogP) is 14.0. The minimum atomic E-state index is -0.124. The Hall–Kier alpha value is -7.23. The Morgan fingerprint density at radius 3 is 1.69 bits per heavy atom. The first kappa shape index (κ1) is 31.3. The lowest BCUT2D eigenvalue weighted by Crippen LogP contribution is -2.24. The Balaban J connectivity index is 1.15. The molecule has 55 heavy (non-hydrogen) atoms. The number of nitrogens with one attached hydrogen (secondary N) is 1. The first-order valence-corrected chi connectivity index (χ1v) is 18.9. The molecule has 3 nitrogen and oxygen atoms in total. The Kier molecular flexibility index (Phi) is 7.24. The van der Waals surface area contributed by atoms with Crippen LogP contribution < -0.4 is 10.2 Å². The summed E-state index contributed by atoms with van der Waals surface area (Å²) in [6.45, 7) is 0. The van der Waals surface area contributed by atoms with Crippen LogP contribution in [0.15, 0.2) is 200 Å². The molecule has 0 spiro atoms. The lowest BCUT2D eigenvalue weighted by molar-refractivity contribution is 0.793. The fraction of sp³-hybridized carbons (Fsp3) is 0.0192. The molecule has 10 aromatic rings. The zero-order chi connectivity index (χ0) is 36.3. The predicted molar refractivity (Wildman–Crippen MR) is 232 cm³/mol. The van der Waals surface area contributed by atoms with Crippen LogP contribution in [0.2, 0.25) is 0 Å². The van der Waals surface area contributed by atoms with E-state index >= 15 is 0 Å². The number of fused-ring (bicyclic) bond motifs is 5. The summed E-state index contributed by atoms with van der Waals surface area (Å²) < 4.78 is 0. The Morgan fingerprint density at radius 2 is 0.982 bits per heavy atom. The molecular weight excluding hydrogens is 667 g/mol. The summed E-state index contributed by atoms with van der Waals surface area (Å²) in [5, 5.41) is 13.7. The van der Waals surface area contributed by atoms with E-state index in [0.717, 1.165) is 28.3 Å². The van der Waals surface area contributed by atoms with Crippen LogP contribution in [0, 0.1) is 0 Å². The number of para-hydroxylation sites is 2. The number of rotatable bonds is 5. The normalized spacial score (nSPS) is 13.7. The van der Waals surface area contributed by atoms with Gasteiger partial charge in [-0.05, 0) is 131 Å². The molecular formula is C52H35N3. The molecule has 1 atom stereocenters. The molecule has 2 heterocycles. The van der Waals surface area contributed by atoms with E-state index in [1.807, 2.05) is 12.3 Å². The van der Waals surface area contributed by atoms with Crippen molar-refractivity contribution in [2.45, 2.75) is 6.17 Å². The fourth-order valence-electron chi connectivity index (χ4n) is 8.69. The maximum Gasteiger partial charge on any atom is 0.147 e. The van der Waals surface area contributed by atoms with Crippen LogP contribution in [-0.2, 0) is 0 Å². The molecule has 1 unspecified atom stereocenters. The first-order valence-electron chi connectivity index (χ1n) is 18.9. The monoisotopic (exact) mass is 701 g/mol. The minimum Gasteiger partial charge on any atom is -0.358 e. The zero-order valence-corrected chi connectivity index (χ0v) is 30.0. The van der Waals surface area contributed by atoms with Crippen molar-refractivity contribution in [1.82, 2.24) is 4.98 Å². The largest absolute Gasteiger partial charge is 0.358 e. The van der Waals surface area contributed by atoms with Gasteiger partial charge in [-0.2, -0.15) is 0 Å². The molecule has 1 aromatic heterocycles. The van der Waals surface area contributed by atoms with Gasteiger partial charge in [-0.15, -0.1) is 0 Å². The summed E-state index contributed by atoms with van der Waals surface area (Å²) in [5.41, 5.74) is 11.6. The number of pyridine rings is 1. The van der Waals surface area contributed by atoms with Crippen LogP contribution >= 0.6 is 0 Å². The average Bonchev–Trinajstić information content (AvgIpc) is 3.65. The maximum atomic E-state index is 4.76. The molecule has 1 aliphatic rings. The Morgan fingerprint density at radius 1 is 0.400 bits per heavy atom. The van der Waals surface area contributed by atoms with E-state index in [2.05, 4.69) is 198 Å². The maximum absolute atomic E-state index is 4.76. The van der Waals surface area contributed by atoms with Crippen LogP contribution in [0.25, 0.3) is 76.5 Å². The van der Waals surface area contributed by atoms with Gasteiger partial charge in [0.2, 0.25) is 0 Å². The smallest absolute Gasteiger partial charge is 0.147 e. The van der Waals surface area contributed by atoms with Crippen molar-refractivity contribution in [3.8, 4) is 33.4 Å². The van der Waals surface area contributed by atoms with Crippen molar-refractivity contribution >= 4 is 60.2 Å². The van der Waals surface area contributed by atoms with Crippen LogP contribution in [-0.4, -0.2) is 4.98 Å². The molecule has 0 saturated heterocycles. The van der Waals surface area contributed by atoms with Gasteiger partial charge in [0.05, 0.1) is 17.1 Å². The summed E-state index contributed by atoms with van der Waals surface area (Å²) in [4.78, 5) is 7.13. The van der Waals surface area contributed by atoms with E-state index in [9.17, 15) is 0 Å². The fourth-order valence-corrected chi connectivity index (χ4v) is 8.69. The number of hydrogen-bond acceptors (Lipinski definition) is 3. The quantitative estimate of drug-likeness (QED) is 0.181. The molecule has 3 heteroatoms. The third kappa shape index (κ3) is 5.24. The highest BCUT2D eigenvalue weighted by Crippen LogP contribution is 2.48. The van der Waals surface area contributed by atoms with Crippen molar-refractivity contribution in [2.24, 2.45) is 0 Å². The molecule has 1 N–H and O–H groups in total. The van der Waals surface area contributed by atoms with E-state index in [4.69, 9.17) is 4.98 Å². The van der Waals surface area contributed by atoms with E-state index in [1.54, 1.807) is 0 Å². The third-order valence-electron chi connectivity index (χ3n) is 11.2. The van der Waals surface area contributed by atoms with Gasteiger partial charge < -0.3 is 10.2 Å². The molecule has 11 rings (SSSR count). The first-order chi connectivity index (χ1) is 27.3. The van der Waals surface area contributed by atoms with Gasteiger partial charge in [-0.25, -0.2) is 0 Å². The summed E-state index contributed by atoms with van der Waals surface area (Å²) in [6.07, 6.45) is 1.74. The van der Waals surface area contributed by atoms with Crippen LogP contribution in [0.5, 0.6) is 0 Å². The summed E-state index contributed by atoms with van der Waals surface area (Å²) in [6, 6.07) is 70.7. The van der Waals surface area contributed by atoms with Gasteiger partial charge in [-0.1, -0.05) is 140 Å². The highest BCUT2D eigenvalue weighted by molar-refractivity contribution is 6.22. The lowest BCUT2D eigenvalue weighted by Gasteiger charge is -2.27. The Bertz CT molecular complexity index is 3090. The van der Waals surface area contributed by atoms with Gasteiger partial charge in [-0.3, -0.25) is 4.98 Å². The van der Waals surface area contributed by atoms with Crippen molar-refractivity contribution < 1.29 is 0 Å². The summed E-state index contributed by atoms with van der Waals surface area (Å²) in [7, 11) is 0. The molecule has 0 fully saturated rings. The zero-order valence-electron chi connectivity index (χ0n) is 30.0. The van der Waals surface area contributed by atoms with Crippen molar-refractivity contribution in [3.63, 3.8) is 0 Å². The molecule has 258 valence electrons. The van der Waals surface area contributed by atoms with Crippen LogP contribution in [0.1, 0.15) is 11.9 Å². The number of anilines is 3. The molecule has 9 aromatic carbocycles. The number of nitrogens with zero attached hydrogens (tertiary/aromatic N) is 2. The molecule has 0 bridgehead atoms. The van der Waals surface area contributed by atoms with Gasteiger partial charge >= 0.3 is 0 Å². The van der Waals surface area contributed by atoms with E-state index in [1.165, 1.54) is 70.9 Å². The van der Waals surface area contributed by atoms with Crippen molar-refractivity contribution in [3.05, 3.63) is 206 Å². The van der Waals surface area contributed by atoms with E-state index in [0.29, 0.717) is 0 Å². The van der Waals surface area contributed by atoms with Crippen molar-refractivity contribution in [1.29, 1.82) is 0 Å².